The highest BCUT2D eigenvalue weighted by Crippen LogP contribution is 2.31. The van der Waals surface area contributed by atoms with Gasteiger partial charge in [-0.2, -0.15) is 18.3 Å². The molecule has 0 spiro atoms. The Balaban J connectivity index is 1.72. The Morgan fingerprint density at radius 3 is 2.20 bits per heavy atom. The van der Waals surface area contributed by atoms with Crippen LogP contribution in [0.3, 0.4) is 0 Å². The number of guanidine groups is 1. The molecule has 212 valence electrons. The maximum atomic E-state index is 13.2. The molecule has 0 aromatic heterocycles. The van der Waals surface area contributed by atoms with Gasteiger partial charge in [0.25, 0.3) is 10.0 Å². The molecule has 3 aromatic carbocycles. The summed E-state index contributed by atoms with van der Waals surface area (Å²) in [6.07, 6.45) is -4.65. The lowest BCUT2D eigenvalue weighted by atomic mass is 9.91. The highest BCUT2D eigenvalue weighted by Gasteiger charge is 2.34. The lowest BCUT2D eigenvalue weighted by Gasteiger charge is -2.20. The van der Waals surface area contributed by atoms with Gasteiger partial charge in [-0.05, 0) is 47.5 Å². The fourth-order valence-electron chi connectivity index (χ4n) is 3.91. The Labute approximate surface area is 234 Å². The standard InChI is InChI=1S/C25H23ClF3N5O4S2/c26-20-10-6-18(7-11-20)23-22(17-4-2-1-3-5-17)16-34(32-23)24(31-14-15-39(30,35)36)33-40(37,38)21-12-8-19(9-13-21)25(27,28)29/h1-13,22H,14-16H2,(H,31,33)(H2,30,35,36)/t22-/m0/s1. The van der Waals surface area contributed by atoms with E-state index in [1.807, 2.05) is 30.3 Å². The molecular formula is C25H23ClF3N5O4S2. The summed E-state index contributed by atoms with van der Waals surface area (Å²) in [6.45, 7) is -0.284. The van der Waals surface area contributed by atoms with Gasteiger partial charge < -0.3 is 0 Å². The predicted molar refractivity (Wildman–Crippen MR) is 146 cm³/mol. The van der Waals surface area contributed by atoms with Gasteiger partial charge in [0.2, 0.25) is 16.0 Å². The van der Waals surface area contributed by atoms with Crippen LogP contribution < -0.4 is 9.86 Å². The number of primary sulfonamides is 1. The highest BCUT2D eigenvalue weighted by molar-refractivity contribution is 7.90. The second-order valence-electron chi connectivity index (χ2n) is 8.74. The molecule has 9 nitrogen and oxygen atoms in total. The molecule has 0 saturated heterocycles. The quantitative estimate of drug-likeness (QED) is 0.309. The number of nitrogens with one attached hydrogen (secondary N) is 1. The van der Waals surface area contributed by atoms with Crippen LogP contribution in [0.25, 0.3) is 0 Å². The molecule has 3 aromatic rings. The lowest BCUT2D eigenvalue weighted by molar-refractivity contribution is -0.137. The Morgan fingerprint density at radius 2 is 1.62 bits per heavy atom. The zero-order valence-corrected chi connectivity index (χ0v) is 23.0. The first-order valence-electron chi connectivity index (χ1n) is 11.6. The van der Waals surface area contributed by atoms with Gasteiger partial charge in [-0.15, -0.1) is 0 Å². The number of nitrogens with two attached hydrogens (primary N) is 1. The highest BCUT2D eigenvalue weighted by atomic mass is 35.5. The molecule has 40 heavy (non-hydrogen) atoms. The van der Waals surface area contributed by atoms with Crippen LogP contribution in [0, 0.1) is 0 Å². The van der Waals surface area contributed by atoms with Crippen LogP contribution in [-0.4, -0.2) is 52.4 Å². The van der Waals surface area contributed by atoms with E-state index in [1.165, 1.54) is 5.01 Å². The predicted octanol–water partition coefficient (Wildman–Crippen LogP) is 3.79. The first kappa shape index (κ1) is 29.5. The molecule has 0 radical (unpaired) electrons. The fourth-order valence-corrected chi connectivity index (χ4v) is 5.40. The van der Waals surface area contributed by atoms with Crippen LogP contribution in [0.4, 0.5) is 13.2 Å². The number of hydrazone groups is 1. The third-order valence-electron chi connectivity index (χ3n) is 5.86. The fraction of sp³-hybridized carbons (Fsp3) is 0.200. The normalized spacial score (nSPS) is 16.6. The number of nitrogens with zero attached hydrogens (tertiary/aromatic N) is 3. The molecule has 0 fully saturated rings. The summed E-state index contributed by atoms with van der Waals surface area (Å²) in [5.74, 6) is -1.25. The van der Waals surface area contributed by atoms with Crippen molar-refractivity contribution in [3.63, 3.8) is 0 Å². The van der Waals surface area contributed by atoms with E-state index in [0.717, 1.165) is 17.7 Å². The number of hydrogen-bond acceptors (Lipinski definition) is 6. The number of sulfonamides is 2. The van der Waals surface area contributed by atoms with Crippen molar-refractivity contribution in [3.05, 3.63) is 101 Å². The SMILES string of the molecule is NS(=O)(=O)CC/N=C(/NS(=O)(=O)c1ccc(C(F)(F)F)cc1)N1C[C@@H](c2ccccc2)C(c2ccc(Cl)cc2)=N1. The Bertz CT molecular complexity index is 1630. The van der Waals surface area contributed by atoms with Crippen LogP contribution in [0.2, 0.25) is 5.02 Å². The minimum absolute atomic E-state index is 0.117. The summed E-state index contributed by atoms with van der Waals surface area (Å²) < 4.78 is 90.4. The second kappa shape index (κ2) is 11.6. The van der Waals surface area contributed by atoms with E-state index in [2.05, 4.69) is 14.8 Å². The molecule has 1 atom stereocenters. The van der Waals surface area contributed by atoms with Crippen molar-refractivity contribution in [1.82, 2.24) is 9.73 Å². The van der Waals surface area contributed by atoms with E-state index in [-0.39, 0.29) is 18.4 Å². The first-order chi connectivity index (χ1) is 18.7. The van der Waals surface area contributed by atoms with Crippen molar-refractivity contribution in [2.24, 2.45) is 15.2 Å². The van der Waals surface area contributed by atoms with Gasteiger partial charge in [0.1, 0.15) is 0 Å². The van der Waals surface area contributed by atoms with Crippen LogP contribution in [0.5, 0.6) is 0 Å². The summed E-state index contributed by atoms with van der Waals surface area (Å²) in [4.78, 5) is 3.66. The largest absolute Gasteiger partial charge is 0.416 e. The summed E-state index contributed by atoms with van der Waals surface area (Å²) in [5, 5.41) is 11.5. The van der Waals surface area contributed by atoms with Crippen molar-refractivity contribution in [1.29, 1.82) is 0 Å². The van der Waals surface area contributed by atoms with E-state index >= 15 is 0 Å². The average molecular weight is 614 g/mol. The van der Waals surface area contributed by atoms with Gasteiger partial charge in [-0.25, -0.2) is 36.7 Å². The Morgan fingerprint density at radius 1 is 1.00 bits per heavy atom. The van der Waals surface area contributed by atoms with Gasteiger partial charge in [0.05, 0.1) is 35.0 Å². The first-order valence-corrected chi connectivity index (χ1v) is 15.2. The molecule has 1 aliphatic heterocycles. The minimum atomic E-state index is -4.65. The molecule has 3 N–H and O–H groups in total. The molecule has 1 heterocycles. The van der Waals surface area contributed by atoms with Crippen LogP contribution in [0.1, 0.15) is 22.6 Å². The number of hydrogen-bond donors (Lipinski definition) is 2. The maximum Gasteiger partial charge on any atom is 0.416 e. The lowest BCUT2D eigenvalue weighted by Crippen LogP contribution is -2.41. The second-order valence-corrected chi connectivity index (χ2v) is 12.6. The molecular weight excluding hydrogens is 591 g/mol. The number of halogens is 4. The Kier molecular flexibility index (Phi) is 8.54. The Hall–Kier alpha value is -3.46. The number of rotatable bonds is 7. The summed E-state index contributed by atoms with van der Waals surface area (Å²) in [7, 11) is -8.38. The van der Waals surface area contributed by atoms with Crippen LogP contribution >= 0.6 is 11.6 Å². The molecule has 0 amide bonds. The molecule has 0 aliphatic carbocycles. The van der Waals surface area contributed by atoms with Gasteiger partial charge >= 0.3 is 6.18 Å². The topological polar surface area (TPSA) is 134 Å². The van der Waals surface area contributed by atoms with E-state index < -0.39 is 49.0 Å². The van der Waals surface area contributed by atoms with Crippen molar-refractivity contribution < 1.29 is 30.0 Å². The number of alkyl halides is 3. The van der Waals surface area contributed by atoms with Crippen LogP contribution in [-0.2, 0) is 26.2 Å². The monoisotopic (exact) mass is 613 g/mol. The van der Waals surface area contributed by atoms with E-state index in [0.29, 0.717) is 28.4 Å². The molecule has 0 unspecified atom stereocenters. The van der Waals surface area contributed by atoms with Crippen molar-refractivity contribution in [2.75, 3.05) is 18.8 Å². The third-order valence-corrected chi connectivity index (χ3v) is 8.20. The third kappa shape index (κ3) is 7.38. The maximum absolute atomic E-state index is 13.2. The van der Waals surface area contributed by atoms with Crippen molar-refractivity contribution in [3.8, 4) is 0 Å². The van der Waals surface area contributed by atoms with Gasteiger partial charge in [-0.3, -0.25) is 0 Å². The minimum Gasteiger partial charge on any atom is -0.250 e. The van der Waals surface area contributed by atoms with Crippen LogP contribution in [0.15, 0.2) is 93.9 Å². The zero-order valence-electron chi connectivity index (χ0n) is 20.6. The average Bonchev–Trinajstić information content (AvgIpc) is 3.33. The van der Waals surface area contributed by atoms with Gasteiger partial charge in [0.15, 0.2) is 0 Å². The smallest absolute Gasteiger partial charge is 0.250 e. The van der Waals surface area contributed by atoms with E-state index in [9.17, 15) is 30.0 Å². The van der Waals surface area contributed by atoms with Gasteiger partial charge in [0, 0.05) is 10.9 Å². The summed E-state index contributed by atoms with van der Waals surface area (Å²) >= 11 is 6.04. The summed E-state index contributed by atoms with van der Waals surface area (Å²) in [5.41, 5.74) is 1.12. The summed E-state index contributed by atoms with van der Waals surface area (Å²) in [6, 6.07) is 19.1. The van der Waals surface area contributed by atoms with Crippen molar-refractivity contribution in [2.45, 2.75) is 17.0 Å². The number of benzene rings is 3. The van der Waals surface area contributed by atoms with Gasteiger partial charge in [-0.1, -0.05) is 54.1 Å². The molecule has 0 bridgehead atoms. The molecule has 4 rings (SSSR count). The van der Waals surface area contributed by atoms with E-state index in [1.54, 1.807) is 24.3 Å². The van der Waals surface area contributed by atoms with E-state index in [4.69, 9.17) is 16.7 Å². The zero-order chi connectivity index (χ0) is 29.1. The number of aliphatic imine (C=N–C) groups is 1. The molecule has 1 aliphatic rings. The molecule has 15 heteroatoms. The van der Waals surface area contributed by atoms with Crippen molar-refractivity contribution >= 4 is 43.3 Å². The molecule has 0 saturated carbocycles.